The summed E-state index contributed by atoms with van der Waals surface area (Å²) in [5.41, 5.74) is -1.04. The smallest absolute Gasteiger partial charge is 0.435 e. The van der Waals surface area contributed by atoms with E-state index in [1.54, 1.807) is 6.92 Å². The quantitative estimate of drug-likeness (QED) is 0.638. The molecule has 0 spiro atoms. The summed E-state index contributed by atoms with van der Waals surface area (Å²) in [6.45, 7) is 2.45. The number of rotatable bonds is 6. The highest BCUT2D eigenvalue weighted by Gasteiger charge is 2.32. The summed E-state index contributed by atoms with van der Waals surface area (Å²) in [6, 6.07) is 2.04. The second-order valence-electron chi connectivity index (χ2n) is 3.64. The van der Waals surface area contributed by atoms with Gasteiger partial charge in [0.25, 0.3) is 0 Å². The number of esters is 1. The second-order valence-corrected chi connectivity index (χ2v) is 3.64. The predicted octanol–water partition coefficient (Wildman–Crippen LogP) is 2.25. The fourth-order valence-corrected chi connectivity index (χ4v) is 1.26. The van der Waals surface area contributed by atoms with Crippen LogP contribution in [0.1, 0.15) is 25.5 Å². The van der Waals surface area contributed by atoms with Crippen molar-refractivity contribution in [2.75, 3.05) is 18.5 Å². The Hall–Kier alpha value is -1.86. The molecule has 0 saturated carbocycles. The Balaban J connectivity index is 2.33. The van der Waals surface area contributed by atoms with E-state index in [1.165, 1.54) is 6.07 Å². The molecule has 1 rings (SSSR count). The van der Waals surface area contributed by atoms with E-state index >= 15 is 0 Å². The third-order valence-corrected chi connectivity index (χ3v) is 2.12. The number of hydrogen-bond donors (Lipinski definition) is 1. The van der Waals surface area contributed by atoms with E-state index in [9.17, 15) is 18.0 Å². The van der Waals surface area contributed by atoms with E-state index in [0.717, 1.165) is 6.07 Å². The van der Waals surface area contributed by atoms with Gasteiger partial charge in [0, 0.05) is 13.0 Å². The van der Waals surface area contributed by atoms with Crippen molar-refractivity contribution in [3.63, 3.8) is 0 Å². The van der Waals surface area contributed by atoms with Crippen molar-refractivity contribution in [3.05, 3.63) is 17.8 Å². The molecule has 0 bridgehead atoms. The minimum Gasteiger partial charge on any atom is -0.466 e. The number of nitrogens with one attached hydrogen (secondary N) is 1. The van der Waals surface area contributed by atoms with Gasteiger partial charge < -0.3 is 10.1 Å². The average molecular weight is 277 g/mol. The van der Waals surface area contributed by atoms with Gasteiger partial charge in [-0.1, -0.05) is 0 Å². The van der Waals surface area contributed by atoms with Gasteiger partial charge in [0.15, 0.2) is 5.69 Å². The Morgan fingerprint density at radius 1 is 1.37 bits per heavy atom. The number of carbonyl (C=O) groups is 1. The van der Waals surface area contributed by atoms with Crippen LogP contribution < -0.4 is 5.32 Å². The van der Waals surface area contributed by atoms with E-state index in [-0.39, 0.29) is 18.2 Å². The lowest BCUT2D eigenvalue weighted by molar-refractivity contribution is -0.143. The highest BCUT2D eigenvalue weighted by molar-refractivity contribution is 5.69. The van der Waals surface area contributed by atoms with Gasteiger partial charge >= 0.3 is 12.1 Å². The molecule has 0 aliphatic heterocycles. The fourth-order valence-electron chi connectivity index (χ4n) is 1.26. The molecule has 0 aliphatic rings. The molecule has 5 nitrogen and oxygen atoms in total. The van der Waals surface area contributed by atoms with Crippen molar-refractivity contribution >= 4 is 11.8 Å². The SMILES string of the molecule is CCOC(=O)CCCNc1ccc(C(F)(F)F)nn1. The monoisotopic (exact) mass is 277 g/mol. The minimum atomic E-state index is -4.49. The van der Waals surface area contributed by atoms with Gasteiger partial charge in [0.1, 0.15) is 5.82 Å². The van der Waals surface area contributed by atoms with Crippen LogP contribution in [0.3, 0.4) is 0 Å². The van der Waals surface area contributed by atoms with Crippen molar-refractivity contribution in [1.29, 1.82) is 0 Å². The molecular formula is C11H14F3N3O2. The topological polar surface area (TPSA) is 64.1 Å². The molecule has 8 heteroatoms. The Kier molecular flexibility index (Phi) is 5.53. The number of nitrogens with zero attached hydrogens (tertiary/aromatic N) is 2. The van der Waals surface area contributed by atoms with Crippen molar-refractivity contribution in [3.8, 4) is 0 Å². The summed E-state index contributed by atoms with van der Waals surface area (Å²) in [5, 5.41) is 9.24. The average Bonchev–Trinajstić information content (AvgIpc) is 2.34. The summed E-state index contributed by atoms with van der Waals surface area (Å²) in [5.74, 6) is -0.0698. The van der Waals surface area contributed by atoms with Crippen LogP contribution in [0.15, 0.2) is 12.1 Å². The van der Waals surface area contributed by atoms with Gasteiger partial charge in [-0.05, 0) is 25.5 Å². The largest absolute Gasteiger partial charge is 0.466 e. The maximum Gasteiger partial charge on any atom is 0.435 e. The van der Waals surface area contributed by atoms with Crippen LogP contribution >= 0.6 is 0 Å². The Morgan fingerprint density at radius 2 is 2.11 bits per heavy atom. The first kappa shape index (κ1) is 15.2. The molecule has 1 N–H and O–H groups in total. The zero-order valence-corrected chi connectivity index (χ0v) is 10.3. The van der Waals surface area contributed by atoms with E-state index < -0.39 is 11.9 Å². The van der Waals surface area contributed by atoms with E-state index in [0.29, 0.717) is 19.6 Å². The van der Waals surface area contributed by atoms with Crippen LogP contribution in [-0.2, 0) is 15.7 Å². The zero-order valence-electron chi connectivity index (χ0n) is 10.3. The van der Waals surface area contributed by atoms with E-state index in [1.807, 2.05) is 0 Å². The highest BCUT2D eigenvalue weighted by Crippen LogP contribution is 2.26. The first-order valence-electron chi connectivity index (χ1n) is 5.74. The van der Waals surface area contributed by atoms with Crippen LogP contribution in [0.2, 0.25) is 0 Å². The molecule has 0 aromatic carbocycles. The van der Waals surface area contributed by atoms with Crippen LogP contribution in [0.5, 0.6) is 0 Å². The Labute approximate surface area is 108 Å². The normalized spacial score (nSPS) is 11.2. The molecule has 1 heterocycles. The van der Waals surface area contributed by atoms with E-state index in [4.69, 9.17) is 4.74 Å². The molecule has 0 fully saturated rings. The van der Waals surface area contributed by atoms with Crippen LogP contribution in [-0.4, -0.2) is 29.3 Å². The molecule has 0 amide bonds. The lowest BCUT2D eigenvalue weighted by Gasteiger charge is -2.07. The molecule has 0 saturated heterocycles. The van der Waals surface area contributed by atoms with Crippen molar-refractivity contribution in [2.24, 2.45) is 0 Å². The van der Waals surface area contributed by atoms with E-state index in [2.05, 4.69) is 15.5 Å². The molecule has 0 radical (unpaired) electrons. The number of carbonyl (C=O) groups excluding carboxylic acids is 1. The summed E-state index contributed by atoms with van der Waals surface area (Å²) >= 11 is 0. The van der Waals surface area contributed by atoms with Gasteiger partial charge in [0.2, 0.25) is 0 Å². The van der Waals surface area contributed by atoms with Crippen LogP contribution in [0.4, 0.5) is 19.0 Å². The zero-order chi connectivity index (χ0) is 14.3. The first-order chi connectivity index (χ1) is 8.93. The summed E-state index contributed by atoms with van der Waals surface area (Å²) in [4.78, 5) is 11.0. The number of ether oxygens (including phenoxy) is 1. The number of aromatic nitrogens is 2. The maximum absolute atomic E-state index is 12.2. The van der Waals surface area contributed by atoms with Gasteiger partial charge in [0.05, 0.1) is 6.61 Å². The number of halogens is 3. The lowest BCUT2D eigenvalue weighted by Crippen LogP contribution is -2.12. The number of alkyl halides is 3. The number of anilines is 1. The third kappa shape index (κ3) is 5.54. The summed E-state index contributed by atoms with van der Waals surface area (Å²) in [7, 11) is 0. The minimum absolute atomic E-state index is 0.233. The van der Waals surface area contributed by atoms with Crippen LogP contribution in [0.25, 0.3) is 0 Å². The Morgan fingerprint density at radius 3 is 2.63 bits per heavy atom. The van der Waals surface area contributed by atoms with Gasteiger partial charge in [-0.3, -0.25) is 4.79 Å². The van der Waals surface area contributed by atoms with Crippen molar-refractivity contribution < 1.29 is 22.7 Å². The fraction of sp³-hybridized carbons (Fsp3) is 0.545. The predicted molar refractivity (Wildman–Crippen MR) is 61.4 cm³/mol. The first-order valence-corrected chi connectivity index (χ1v) is 5.74. The van der Waals surface area contributed by atoms with Gasteiger partial charge in [-0.25, -0.2) is 0 Å². The lowest BCUT2D eigenvalue weighted by atomic mass is 10.3. The number of hydrogen-bond acceptors (Lipinski definition) is 5. The van der Waals surface area contributed by atoms with Gasteiger partial charge in [-0.15, -0.1) is 10.2 Å². The summed E-state index contributed by atoms with van der Waals surface area (Å²) in [6.07, 6.45) is -3.74. The molecule has 0 atom stereocenters. The Bertz CT molecular complexity index is 407. The van der Waals surface area contributed by atoms with Gasteiger partial charge in [-0.2, -0.15) is 13.2 Å². The molecule has 19 heavy (non-hydrogen) atoms. The molecular weight excluding hydrogens is 263 g/mol. The standard InChI is InChI=1S/C11H14F3N3O2/c1-2-19-10(18)4-3-7-15-9-6-5-8(16-17-9)11(12,13)14/h5-6H,2-4,7H2,1H3,(H,15,17). The molecule has 106 valence electrons. The van der Waals surface area contributed by atoms with Crippen molar-refractivity contribution in [2.45, 2.75) is 25.9 Å². The maximum atomic E-state index is 12.2. The highest BCUT2D eigenvalue weighted by atomic mass is 19.4. The molecule has 1 aromatic heterocycles. The third-order valence-electron chi connectivity index (χ3n) is 2.12. The van der Waals surface area contributed by atoms with Crippen molar-refractivity contribution in [1.82, 2.24) is 10.2 Å². The molecule has 1 aromatic rings. The summed E-state index contributed by atoms with van der Waals surface area (Å²) < 4.78 is 41.4. The molecule has 0 aliphatic carbocycles. The molecule has 0 unspecified atom stereocenters. The second kappa shape index (κ2) is 6.91. The van der Waals surface area contributed by atoms with Crippen LogP contribution in [0, 0.1) is 0 Å².